The third-order valence-electron chi connectivity index (χ3n) is 4.54. The van der Waals surface area contributed by atoms with Crippen LogP contribution in [0.1, 0.15) is 22.4 Å². The Morgan fingerprint density at radius 2 is 2.27 bits per heavy atom. The van der Waals surface area contributed by atoms with E-state index in [1.807, 2.05) is 23.6 Å². The van der Waals surface area contributed by atoms with Gasteiger partial charge in [0, 0.05) is 36.2 Å². The van der Waals surface area contributed by atoms with E-state index < -0.39 is 0 Å². The Kier molecular flexibility index (Phi) is 6.55. The average molecular weight is 374 g/mol. The maximum absolute atomic E-state index is 13.7. The normalized spacial score (nSPS) is 17.8. The molecule has 2 heterocycles. The van der Waals surface area contributed by atoms with Gasteiger partial charge in [-0.15, -0.1) is 11.3 Å². The molecule has 138 valence electrons. The number of nitrogens with one attached hydrogen (secondary N) is 1. The molecule has 1 unspecified atom stereocenters. The SMILES string of the molecule is O=C(C=Cc1cc(CO)cs1)NCC1CCN(Cc2ccccc2F)C1. The second-order valence-corrected chi connectivity index (χ2v) is 7.52. The number of hydrogen-bond acceptors (Lipinski definition) is 4. The number of carbonyl (C=O) groups is 1. The minimum absolute atomic E-state index is 0.0155. The molecule has 1 aliphatic rings. The van der Waals surface area contributed by atoms with Gasteiger partial charge in [0.05, 0.1) is 6.61 Å². The molecule has 3 rings (SSSR count). The fourth-order valence-electron chi connectivity index (χ4n) is 3.12. The summed E-state index contributed by atoms with van der Waals surface area (Å²) >= 11 is 1.50. The molecule has 2 aromatic rings. The summed E-state index contributed by atoms with van der Waals surface area (Å²) in [6, 6.07) is 8.74. The van der Waals surface area contributed by atoms with Gasteiger partial charge < -0.3 is 10.4 Å². The molecule has 0 radical (unpaired) electrons. The molecular weight excluding hydrogens is 351 g/mol. The first-order valence-electron chi connectivity index (χ1n) is 8.74. The number of halogens is 1. The molecule has 1 atom stereocenters. The molecule has 0 saturated carbocycles. The van der Waals surface area contributed by atoms with E-state index in [0.717, 1.165) is 35.5 Å². The highest BCUT2D eigenvalue weighted by atomic mass is 32.1. The first kappa shape index (κ1) is 18.8. The lowest BCUT2D eigenvalue weighted by atomic mass is 10.1. The van der Waals surface area contributed by atoms with Crippen LogP contribution in [-0.2, 0) is 17.9 Å². The summed E-state index contributed by atoms with van der Waals surface area (Å²) in [5.74, 6) is 0.116. The van der Waals surface area contributed by atoms with E-state index in [9.17, 15) is 9.18 Å². The molecule has 0 spiro atoms. The van der Waals surface area contributed by atoms with Crippen LogP contribution < -0.4 is 5.32 Å². The summed E-state index contributed by atoms with van der Waals surface area (Å²) in [7, 11) is 0. The van der Waals surface area contributed by atoms with E-state index in [1.165, 1.54) is 23.5 Å². The van der Waals surface area contributed by atoms with Crippen molar-refractivity contribution in [3.8, 4) is 0 Å². The number of rotatable bonds is 7. The predicted octanol–water partition coefficient (Wildman–Crippen LogP) is 3.03. The maximum Gasteiger partial charge on any atom is 0.244 e. The Morgan fingerprint density at radius 1 is 1.42 bits per heavy atom. The summed E-state index contributed by atoms with van der Waals surface area (Å²) in [5.41, 5.74) is 1.58. The van der Waals surface area contributed by atoms with Crippen LogP contribution in [0, 0.1) is 11.7 Å². The zero-order chi connectivity index (χ0) is 18.4. The van der Waals surface area contributed by atoms with Gasteiger partial charge >= 0.3 is 0 Å². The summed E-state index contributed by atoms with van der Waals surface area (Å²) in [6.07, 6.45) is 4.29. The molecule has 1 amide bonds. The van der Waals surface area contributed by atoms with E-state index in [0.29, 0.717) is 19.0 Å². The van der Waals surface area contributed by atoms with Crippen molar-refractivity contribution in [1.29, 1.82) is 0 Å². The quantitative estimate of drug-likeness (QED) is 0.733. The molecule has 1 aromatic carbocycles. The number of aliphatic hydroxyl groups is 1. The molecule has 1 saturated heterocycles. The lowest BCUT2D eigenvalue weighted by molar-refractivity contribution is -0.116. The largest absolute Gasteiger partial charge is 0.392 e. The van der Waals surface area contributed by atoms with Crippen LogP contribution in [-0.4, -0.2) is 35.5 Å². The van der Waals surface area contributed by atoms with E-state index >= 15 is 0 Å². The van der Waals surface area contributed by atoms with Crippen LogP contribution >= 0.6 is 11.3 Å². The van der Waals surface area contributed by atoms with Crippen LogP contribution in [0.3, 0.4) is 0 Å². The summed E-state index contributed by atoms with van der Waals surface area (Å²) in [5, 5.41) is 13.9. The zero-order valence-electron chi connectivity index (χ0n) is 14.5. The minimum atomic E-state index is -0.160. The van der Waals surface area contributed by atoms with E-state index in [4.69, 9.17) is 5.11 Å². The Morgan fingerprint density at radius 3 is 3.04 bits per heavy atom. The van der Waals surface area contributed by atoms with Gasteiger partial charge in [0.1, 0.15) is 5.82 Å². The van der Waals surface area contributed by atoms with Gasteiger partial charge in [-0.05, 0) is 48.0 Å². The van der Waals surface area contributed by atoms with Crippen molar-refractivity contribution >= 4 is 23.3 Å². The average Bonchev–Trinajstić information content (AvgIpc) is 3.29. The zero-order valence-corrected chi connectivity index (χ0v) is 15.3. The number of amides is 1. The Labute approximate surface area is 157 Å². The number of carbonyl (C=O) groups excluding carboxylic acids is 1. The summed E-state index contributed by atoms with van der Waals surface area (Å²) in [6.45, 7) is 3.04. The molecule has 1 fully saturated rings. The number of thiophene rings is 1. The molecular formula is C20H23FN2O2S. The van der Waals surface area contributed by atoms with Crippen molar-refractivity contribution in [3.05, 3.63) is 63.6 Å². The van der Waals surface area contributed by atoms with Gasteiger partial charge in [-0.1, -0.05) is 18.2 Å². The Balaban J connectivity index is 1.41. The minimum Gasteiger partial charge on any atom is -0.392 e. The number of aliphatic hydroxyl groups excluding tert-OH is 1. The van der Waals surface area contributed by atoms with Crippen molar-refractivity contribution in [1.82, 2.24) is 10.2 Å². The molecule has 6 heteroatoms. The topological polar surface area (TPSA) is 52.6 Å². The van der Waals surface area contributed by atoms with Crippen molar-refractivity contribution < 1.29 is 14.3 Å². The Hall–Kier alpha value is -2.02. The van der Waals surface area contributed by atoms with Gasteiger partial charge in [0.15, 0.2) is 0 Å². The molecule has 0 aliphatic carbocycles. The van der Waals surface area contributed by atoms with Crippen molar-refractivity contribution in [3.63, 3.8) is 0 Å². The first-order chi connectivity index (χ1) is 12.6. The van der Waals surface area contributed by atoms with E-state index in [2.05, 4.69) is 10.2 Å². The van der Waals surface area contributed by atoms with Crippen LogP contribution in [0.5, 0.6) is 0 Å². The van der Waals surface area contributed by atoms with Gasteiger partial charge in [0.2, 0.25) is 5.91 Å². The van der Waals surface area contributed by atoms with Crippen LogP contribution in [0.25, 0.3) is 6.08 Å². The van der Waals surface area contributed by atoms with E-state index in [-0.39, 0.29) is 18.3 Å². The number of likely N-dealkylation sites (tertiary alicyclic amines) is 1. The predicted molar refractivity (Wildman–Crippen MR) is 102 cm³/mol. The second-order valence-electron chi connectivity index (χ2n) is 6.58. The fraction of sp³-hybridized carbons (Fsp3) is 0.350. The van der Waals surface area contributed by atoms with Crippen molar-refractivity contribution in [2.24, 2.45) is 5.92 Å². The molecule has 4 nitrogen and oxygen atoms in total. The van der Waals surface area contributed by atoms with Crippen molar-refractivity contribution in [2.45, 2.75) is 19.6 Å². The standard InChI is InChI=1S/C20H23FN2O2S/c21-19-4-2-1-3-17(19)12-23-8-7-15(11-23)10-22-20(25)6-5-18-9-16(13-24)14-26-18/h1-6,9,14-15,24H,7-8,10-13H2,(H,22,25). The number of benzene rings is 1. The second kappa shape index (κ2) is 9.07. The summed E-state index contributed by atoms with van der Waals surface area (Å²) in [4.78, 5) is 15.1. The lowest BCUT2D eigenvalue weighted by Crippen LogP contribution is -2.29. The first-order valence-corrected chi connectivity index (χ1v) is 9.62. The smallest absolute Gasteiger partial charge is 0.244 e. The highest BCUT2D eigenvalue weighted by molar-refractivity contribution is 7.11. The van der Waals surface area contributed by atoms with Gasteiger partial charge in [-0.3, -0.25) is 9.69 Å². The molecule has 1 aromatic heterocycles. The monoisotopic (exact) mass is 374 g/mol. The van der Waals surface area contributed by atoms with Crippen molar-refractivity contribution in [2.75, 3.05) is 19.6 Å². The highest BCUT2D eigenvalue weighted by Gasteiger charge is 2.23. The summed E-state index contributed by atoms with van der Waals surface area (Å²) < 4.78 is 13.7. The van der Waals surface area contributed by atoms with Crippen LogP contribution in [0.2, 0.25) is 0 Å². The molecule has 2 N–H and O–H groups in total. The van der Waals surface area contributed by atoms with Crippen LogP contribution in [0.15, 0.2) is 41.8 Å². The Bertz CT molecular complexity index is 775. The lowest BCUT2D eigenvalue weighted by Gasteiger charge is -2.16. The molecule has 26 heavy (non-hydrogen) atoms. The van der Waals surface area contributed by atoms with E-state index in [1.54, 1.807) is 12.1 Å². The molecule has 0 bridgehead atoms. The fourth-order valence-corrected chi connectivity index (χ4v) is 3.91. The van der Waals surface area contributed by atoms with Gasteiger partial charge in [0.25, 0.3) is 0 Å². The third-order valence-corrected chi connectivity index (χ3v) is 5.49. The van der Waals surface area contributed by atoms with Crippen LogP contribution in [0.4, 0.5) is 4.39 Å². The molecule has 1 aliphatic heterocycles. The van der Waals surface area contributed by atoms with Gasteiger partial charge in [-0.25, -0.2) is 4.39 Å². The third kappa shape index (κ3) is 5.24. The van der Waals surface area contributed by atoms with Gasteiger partial charge in [-0.2, -0.15) is 0 Å². The highest BCUT2D eigenvalue weighted by Crippen LogP contribution is 2.19. The number of nitrogens with zero attached hydrogens (tertiary/aromatic N) is 1. The maximum atomic E-state index is 13.7. The number of hydrogen-bond donors (Lipinski definition) is 2.